The highest BCUT2D eigenvalue weighted by molar-refractivity contribution is 14.0. The maximum Gasteiger partial charge on any atom is 0.214 e. The lowest BCUT2D eigenvalue weighted by molar-refractivity contribution is 0.444. The Kier molecular flexibility index (Phi) is 9.76. The van der Waals surface area contributed by atoms with E-state index >= 15 is 0 Å². The maximum atomic E-state index is 11.7. The average Bonchev–Trinajstić information content (AvgIpc) is 3.11. The van der Waals surface area contributed by atoms with E-state index in [0.29, 0.717) is 25.4 Å². The summed E-state index contributed by atoms with van der Waals surface area (Å²) >= 11 is 0. The lowest BCUT2D eigenvalue weighted by Gasteiger charge is -2.17. The molecule has 0 radical (unpaired) electrons. The van der Waals surface area contributed by atoms with Crippen LogP contribution < -0.4 is 10.6 Å². The van der Waals surface area contributed by atoms with Crippen LogP contribution in [0.2, 0.25) is 0 Å². The molecule has 0 aromatic carbocycles. The molecule has 0 aromatic rings. The number of nitrogens with zero attached hydrogens (tertiary/aromatic N) is 2. The van der Waals surface area contributed by atoms with Crippen LogP contribution in [0.4, 0.5) is 0 Å². The second-order valence-corrected chi connectivity index (χ2v) is 8.38. The van der Waals surface area contributed by atoms with Crippen molar-refractivity contribution >= 4 is 40.0 Å². The number of hydrogen-bond donors (Lipinski definition) is 2. The van der Waals surface area contributed by atoms with Crippen molar-refractivity contribution in [1.29, 1.82) is 0 Å². The van der Waals surface area contributed by atoms with Gasteiger partial charge in [0.1, 0.15) is 0 Å². The minimum Gasteiger partial charge on any atom is -0.356 e. The molecule has 2 fully saturated rings. The molecule has 23 heavy (non-hydrogen) atoms. The van der Waals surface area contributed by atoms with E-state index in [2.05, 4.69) is 15.6 Å². The quantitative estimate of drug-likeness (QED) is 0.264. The van der Waals surface area contributed by atoms with E-state index < -0.39 is 10.0 Å². The molecule has 8 heteroatoms. The number of nitrogens with one attached hydrogen (secondary N) is 2. The van der Waals surface area contributed by atoms with Gasteiger partial charge in [-0.25, -0.2) is 12.7 Å². The molecule has 1 saturated heterocycles. The van der Waals surface area contributed by atoms with Gasteiger partial charge in [0.05, 0.1) is 5.75 Å². The Morgan fingerprint density at radius 3 is 2.48 bits per heavy atom. The Morgan fingerprint density at radius 2 is 1.87 bits per heavy atom. The number of aliphatic imine (C=N–C) groups is 1. The van der Waals surface area contributed by atoms with Crippen molar-refractivity contribution in [3.63, 3.8) is 0 Å². The number of guanidine groups is 1. The van der Waals surface area contributed by atoms with Gasteiger partial charge in [0.15, 0.2) is 5.96 Å². The van der Waals surface area contributed by atoms with Crippen LogP contribution in [0.1, 0.15) is 44.9 Å². The van der Waals surface area contributed by atoms with Crippen LogP contribution in [-0.4, -0.2) is 57.7 Å². The molecule has 0 aromatic heterocycles. The third kappa shape index (κ3) is 7.13. The summed E-state index contributed by atoms with van der Waals surface area (Å²) < 4.78 is 25.0. The fourth-order valence-corrected chi connectivity index (χ4v) is 4.89. The first-order chi connectivity index (χ1) is 10.6. The lowest BCUT2D eigenvalue weighted by atomic mass is 10.0. The predicted molar refractivity (Wildman–Crippen MR) is 106 cm³/mol. The van der Waals surface area contributed by atoms with Gasteiger partial charge in [0, 0.05) is 33.2 Å². The summed E-state index contributed by atoms with van der Waals surface area (Å²) in [4.78, 5) is 4.18. The molecule has 2 aliphatic rings. The van der Waals surface area contributed by atoms with E-state index in [1.54, 1.807) is 11.4 Å². The molecule has 0 bridgehead atoms. The maximum absolute atomic E-state index is 11.7. The smallest absolute Gasteiger partial charge is 0.214 e. The Morgan fingerprint density at radius 1 is 1.17 bits per heavy atom. The van der Waals surface area contributed by atoms with Crippen LogP contribution in [0.3, 0.4) is 0 Å². The first-order valence-corrected chi connectivity index (χ1v) is 10.1. The standard InChI is InChI=1S/C15H30N4O2S.HI/c1-16-15(17-9-4-8-14-6-2-3-7-14)18-10-12-19-11-5-13-22(19,20)21;/h14H,2-13H2,1H3,(H2,16,17,18);1H. The third-order valence-electron chi connectivity index (χ3n) is 4.64. The zero-order chi connectivity index (χ0) is 15.8. The normalized spacial score (nSPS) is 22.0. The zero-order valence-corrected chi connectivity index (χ0v) is 17.2. The van der Waals surface area contributed by atoms with E-state index in [0.717, 1.165) is 24.8 Å². The fourth-order valence-electron chi connectivity index (χ4n) is 3.36. The van der Waals surface area contributed by atoms with Gasteiger partial charge in [-0.05, 0) is 25.2 Å². The van der Waals surface area contributed by atoms with Crippen LogP contribution in [0.15, 0.2) is 4.99 Å². The molecular formula is C15H31IN4O2S. The van der Waals surface area contributed by atoms with Gasteiger partial charge in [0.2, 0.25) is 10.0 Å². The van der Waals surface area contributed by atoms with Crippen LogP contribution in [0.25, 0.3) is 0 Å². The molecular weight excluding hydrogens is 427 g/mol. The Balaban J connectivity index is 0.00000264. The van der Waals surface area contributed by atoms with E-state index in [9.17, 15) is 8.42 Å². The first kappa shape index (κ1) is 21.0. The van der Waals surface area contributed by atoms with Crippen molar-refractivity contribution in [2.45, 2.75) is 44.9 Å². The van der Waals surface area contributed by atoms with Crippen molar-refractivity contribution in [2.24, 2.45) is 10.9 Å². The summed E-state index contributed by atoms with van der Waals surface area (Å²) in [6.45, 7) is 2.70. The van der Waals surface area contributed by atoms with Gasteiger partial charge in [-0.2, -0.15) is 0 Å². The lowest BCUT2D eigenvalue weighted by Crippen LogP contribution is -2.42. The molecule has 1 saturated carbocycles. The molecule has 6 nitrogen and oxygen atoms in total. The van der Waals surface area contributed by atoms with Gasteiger partial charge < -0.3 is 10.6 Å². The molecule has 2 rings (SSSR count). The summed E-state index contributed by atoms with van der Waals surface area (Å²) in [6.07, 6.45) is 8.83. The van der Waals surface area contributed by atoms with Gasteiger partial charge in [-0.15, -0.1) is 24.0 Å². The molecule has 136 valence electrons. The van der Waals surface area contributed by atoms with Gasteiger partial charge in [-0.1, -0.05) is 25.7 Å². The Bertz CT molecular complexity index is 464. The topological polar surface area (TPSA) is 73.8 Å². The van der Waals surface area contributed by atoms with Crippen LogP contribution >= 0.6 is 24.0 Å². The zero-order valence-electron chi connectivity index (χ0n) is 14.1. The summed E-state index contributed by atoms with van der Waals surface area (Å²) in [5.41, 5.74) is 0. The predicted octanol–water partition coefficient (Wildman–Crippen LogP) is 1.78. The van der Waals surface area contributed by atoms with Gasteiger partial charge >= 0.3 is 0 Å². The van der Waals surface area contributed by atoms with Crippen LogP contribution in [0, 0.1) is 5.92 Å². The van der Waals surface area contributed by atoms with Crippen LogP contribution in [-0.2, 0) is 10.0 Å². The largest absolute Gasteiger partial charge is 0.356 e. The number of sulfonamides is 1. The first-order valence-electron chi connectivity index (χ1n) is 8.54. The van der Waals surface area contributed by atoms with Gasteiger partial charge in [0.25, 0.3) is 0 Å². The van der Waals surface area contributed by atoms with Crippen molar-refractivity contribution in [3.05, 3.63) is 0 Å². The molecule has 1 heterocycles. The fraction of sp³-hybridized carbons (Fsp3) is 0.933. The Hall–Kier alpha value is -0.0900. The summed E-state index contributed by atoms with van der Waals surface area (Å²) in [7, 11) is -1.24. The monoisotopic (exact) mass is 458 g/mol. The van der Waals surface area contributed by atoms with Crippen molar-refractivity contribution in [3.8, 4) is 0 Å². The van der Waals surface area contributed by atoms with Gasteiger partial charge in [-0.3, -0.25) is 4.99 Å². The SMILES string of the molecule is CN=C(NCCCC1CCCC1)NCCN1CCCS1(=O)=O.I. The van der Waals surface area contributed by atoms with Crippen molar-refractivity contribution in [1.82, 2.24) is 14.9 Å². The molecule has 0 atom stereocenters. The van der Waals surface area contributed by atoms with Crippen LogP contribution in [0.5, 0.6) is 0 Å². The summed E-state index contributed by atoms with van der Waals surface area (Å²) in [5, 5.41) is 6.51. The second kappa shape index (κ2) is 10.7. The van der Waals surface area contributed by atoms with E-state index in [4.69, 9.17) is 0 Å². The minimum atomic E-state index is -2.99. The van der Waals surface area contributed by atoms with E-state index in [-0.39, 0.29) is 24.0 Å². The van der Waals surface area contributed by atoms with E-state index in [1.807, 2.05) is 0 Å². The molecule has 1 aliphatic heterocycles. The Labute approximate surface area is 157 Å². The highest BCUT2D eigenvalue weighted by atomic mass is 127. The number of rotatable bonds is 7. The average molecular weight is 458 g/mol. The molecule has 2 N–H and O–H groups in total. The van der Waals surface area contributed by atoms with Crippen molar-refractivity contribution < 1.29 is 8.42 Å². The summed E-state index contributed by atoms with van der Waals surface area (Å²) in [5.74, 6) is 1.99. The molecule has 1 aliphatic carbocycles. The molecule has 0 unspecified atom stereocenters. The third-order valence-corrected chi connectivity index (χ3v) is 6.59. The van der Waals surface area contributed by atoms with E-state index in [1.165, 1.54) is 38.5 Å². The highest BCUT2D eigenvalue weighted by Gasteiger charge is 2.27. The minimum absolute atomic E-state index is 0. The number of halogens is 1. The summed E-state index contributed by atoms with van der Waals surface area (Å²) in [6, 6.07) is 0. The van der Waals surface area contributed by atoms with Crippen molar-refractivity contribution in [2.75, 3.05) is 39.0 Å². The second-order valence-electron chi connectivity index (χ2n) is 6.29. The molecule has 0 spiro atoms. The molecule has 0 amide bonds. The number of hydrogen-bond acceptors (Lipinski definition) is 3. The highest BCUT2D eigenvalue weighted by Crippen LogP contribution is 2.28.